The van der Waals surface area contributed by atoms with Gasteiger partial charge in [0.15, 0.2) is 0 Å². The van der Waals surface area contributed by atoms with Crippen molar-refractivity contribution in [2.75, 3.05) is 12.4 Å². The lowest BCUT2D eigenvalue weighted by atomic mass is 10.3. The Hall–Kier alpha value is -0.850. The van der Waals surface area contributed by atoms with Crippen LogP contribution >= 0.6 is 11.6 Å². The third-order valence-electron chi connectivity index (χ3n) is 1.42. The van der Waals surface area contributed by atoms with Crippen LogP contribution in [0.3, 0.4) is 0 Å². The molecule has 0 saturated carbocycles. The van der Waals surface area contributed by atoms with Crippen molar-refractivity contribution in [2.45, 2.75) is 18.8 Å². The Kier molecular flexibility index (Phi) is 5.56. The largest absolute Gasteiger partial charge is 0.383 e. The third kappa shape index (κ3) is 4.46. The standard InChI is InChI=1S/C7H8ClF4NO2/c8-3-4(14)1-2-13-6(15)7(11,12)5(9)10/h5H,1-3H2,(H,13,15). The quantitative estimate of drug-likeness (QED) is 0.568. The summed E-state index contributed by atoms with van der Waals surface area (Å²) >= 11 is 5.08. The van der Waals surface area contributed by atoms with Gasteiger partial charge in [-0.25, -0.2) is 8.78 Å². The highest BCUT2D eigenvalue weighted by atomic mass is 35.5. The molecule has 0 spiro atoms. The van der Waals surface area contributed by atoms with E-state index in [-0.39, 0.29) is 12.3 Å². The van der Waals surface area contributed by atoms with Crippen molar-refractivity contribution >= 4 is 23.3 Å². The molecular weight excluding hydrogens is 242 g/mol. The number of amides is 1. The fourth-order valence-electron chi connectivity index (χ4n) is 0.599. The molecule has 0 heterocycles. The summed E-state index contributed by atoms with van der Waals surface area (Å²) in [6.45, 7) is -0.438. The van der Waals surface area contributed by atoms with Gasteiger partial charge in [-0.05, 0) is 0 Å². The Labute approximate surface area is 87.8 Å². The van der Waals surface area contributed by atoms with E-state index in [0.717, 1.165) is 0 Å². The summed E-state index contributed by atoms with van der Waals surface area (Å²) in [5.74, 6) is -7.62. The zero-order chi connectivity index (χ0) is 12.1. The van der Waals surface area contributed by atoms with E-state index in [1.54, 1.807) is 0 Å². The monoisotopic (exact) mass is 249 g/mol. The van der Waals surface area contributed by atoms with Crippen molar-refractivity contribution in [3.8, 4) is 0 Å². The summed E-state index contributed by atoms with van der Waals surface area (Å²) in [5, 5.41) is 1.52. The first kappa shape index (κ1) is 14.2. The zero-order valence-electron chi connectivity index (χ0n) is 7.40. The fourth-order valence-corrected chi connectivity index (χ4v) is 0.733. The zero-order valence-corrected chi connectivity index (χ0v) is 8.16. The van der Waals surface area contributed by atoms with Crippen molar-refractivity contribution in [3.05, 3.63) is 0 Å². The van der Waals surface area contributed by atoms with Gasteiger partial charge in [-0.1, -0.05) is 0 Å². The molecule has 0 aromatic rings. The lowest BCUT2D eigenvalue weighted by molar-refractivity contribution is -0.169. The average molecular weight is 250 g/mol. The number of ketones is 1. The number of carbonyl (C=O) groups excluding carboxylic acids is 2. The van der Waals surface area contributed by atoms with Crippen molar-refractivity contribution in [1.82, 2.24) is 5.32 Å². The second-order valence-electron chi connectivity index (χ2n) is 2.60. The smallest absolute Gasteiger partial charge is 0.350 e. The molecule has 0 rings (SSSR count). The summed E-state index contributed by atoms with van der Waals surface area (Å²) in [7, 11) is 0. The van der Waals surface area contributed by atoms with E-state index in [2.05, 4.69) is 0 Å². The van der Waals surface area contributed by atoms with E-state index in [1.165, 1.54) is 5.32 Å². The van der Waals surface area contributed by atoms with Crippen LogP contribution in [0.4, 0.5) is 17.6 Å². The van der Waals surface area contributed by atoms with Crippen LogP contribution in [0.5, 0.6) is 0 Å². The molecule has 8 heteroatoms. The van der Waals surface area contributed by atoms with Crippen LogP contribution in [0, 0.1) is 0 Å². The lowest BCUT2D eigenvalue weighted by Gasteiger charge is -2.14. The predicted molar refractivity (Wildman–Crippen MR) is 44.3 cm³/mol. The van der Waals surface area contributed by atoms with Crippen molar-refractivity contribution < 1.29 is 27.2 Å². The number of halogens is 5. The Balaban J connectivity index is 3.99. The minimum absolute atomic E-state index is 0.269. The highest BCUT2D eigenvalue weighted by Gasteiger charge is 2.48. The summed E-state index contributed by atoms with van der Waals surface area (Å²) in [6.07, 6.45) is -4.34. The topological polar surface area (TPSA) is 46.2 Å². The number of hydrogen-bond acceptors (Lipinski definition) is 2. The number of hydrogen-bond donors (Lipinski definition) is 1. The SMILES string of the molecule is O=C(CCl)CCNC(=O)C(F)(F)C(F)F. The van der Waals surface area contributed by atoms with Gasteiger partial charge >= 0.3 is 12.3 Å². The maximum Gasteiger partial charge on any atom is 0.383 e. The van der Waals surface area contributed by atoms with Crippen LogP contribution < -0.4 is 5.32 Å². The Morgan fingerprint density at radius 3 is 2.27 bits per heavy atom. The first-order valence-electron chi connectivity index (χ1n) is 3.84. The van der Waals surface area contributed by atoms with Gasteiger partial charge in [-0.15, -0.1) is 11.6 Å². The van der Waals surface area contributed by atoms with Crippen molar-refractivity contribution in [2.24, 2.45) is 0 Å². The normalized spacial score (nSPS) is 11.6. The molecule has 3 nitrogen and oxygen atoms in total. The van der Waals surface area contributed by atoms with Gasteiger partial charge in [0.25, 0.3) is 5.91 Å². The van der Waals surface area contributed by atoms with Crippen LogP contribution in [-0.2, 0) is 9.59 Å². The highest BCUT2D eigenvalue weighted by Crippen LogP contribution is 2.22. The maximum atomic E-state index is 12.3. The molecule has 1 amide bonds. The van der Waals surface area contributed by atoms with E-state index in [1.807, 2.05) is 0 Å². The maximum absolute atomic E-state index is 12.3. The van der Waals surface area contributed by atoms with Gasteiger partial charge < -0.3 is 5.32 Å². The number of nitrogens with one attached hydrogen (secondary N) is 1. The number of carbonyl (C=O) groups is 2. The van der Waals surface area contributed by atoms with Gasteiger partial charge in [-0.2, -0.15) is 8.78 Å². The molecule has 0 aliphatic heterocycles. The number of Topliss-reactive ketones (excluding diaryl/α,β-unsaturated/α-hetero) is 1. The summed E-state index contributed by atoms with van der Waals surface area (Å²) in [6, 6.07) is 0. The third-order valence-corrected chi connectivity index (χ3v) is 1.71. The molecule has 0 aliphatic rings. The first-order chi connectivity index (χ1) is 6.82. The molecule has 0 unspecified atom stereocenters. The van der Waals surface area contributed by atoms with Gasteiger partial charge in [-0.3, -0.25) is 9.59 Å². The summed E-state index contributed by atoms with van der Waals surface area (Å²) in [5.41, 5.74) is 0. The fraction of sp³-hybridized carbons (Fsp3) is 0.714. The van der Waals surface area contributed by atoms with E-state index >= 15 is 0 Å². The molecule has 0 radical (unpaired) electrons. The minimum Gasteiger partial charge on any atom is -0.350 e. The minimum atomic E-state index is -4.73. The highest BCUT2D eigenvalue weighted by molar-refractivity contribution is 6.27. The predicted octanol–water partition coefficient (Wildman–Crippen LogP) is 1.20. The van der Waals surface area contributed by atoms with Gasteiger partial charge in [0.2, 0.25) is 0 Å². The van der Waals surface area contributed by atoms with Gasteiger partial charge in [0.1, 0.15) is 5.78 Å². The second kappa shape index (κ2) is 5.89. The van der Waals surface area contributed by atoms with E-state index in [9.17, 15) is 27.2 Å². The van der Waals surface area contributed by atoms with Gasteiger partial charge in [0, 0.05) is 13.0 Å². The molecule has 0 fully saturated rings. The van der Waals surface area contributed by atoms with Crippen LogP contribution in [-0.4, -0.2) is 36.5 Å². The molecule has 0 saturated heterocycles. The van der Waals surface area contributed by atoms with Crippen LogP contribution in [0.2, 0.25) is 0 Å². The molecule has 0 atom stereocenters. The first-order valence-corrected chi connectivity index (χ1v) is 4.37. The van der Waals surface area contributed by atoms with Gasteiger partial charge in [0.05, 0.1) is 5.88 Å². The molecule has 1 N–H and O–H groups in total. The second-order valence-corrected chi connectivity index (χ2v) is 2.87. The molecule has 0 bridgehead atoms. The van der Waals surface area contributed by atoms with E-state index < -0.39 is 30.6 Å². The van der Waals surface area contributed by atoms with E-state index in [4.69, 9.17) is 11.6 Å². The lowest BCUT2D eigenvalue weighted by Crippen LogP contribution is -2.45. The van der Waals surface area contributed by atoms with E-state index in [0.29, 0.717) is 0 Å². The molecule has 0 aliphatic carbocycles. The molecule has 0 aromatic carbocycles. The Morgan fingerprint density at radius 1 is 1.33 bits per heavy atom. The van der Waals surface area contributed by atoms with Crippen molar-refractivity contribution in [1.29, 1.82) is 0 Å². The molecule has 15 heavy (non-hydrogen) atoms. The summed E-state index contributed by atoms with van der Waals surface area (Å²) in [4.78, 5) is 21.0. The van der Waals surface area contributed by atoms with Crippen molar-refractivity contribution in [3.63, 3.8) is 0 Å². The summed E-state index contributed by atoms with van der Waals surface area (Å²) < 4.78 is 47.8. The number of alkyl halides is 5. The molecular formula is C7H8ClF4NO2. The Morgan fingerprint density at radius 2 is 1.87 bits per heavy atom. The van der Waals surface area contributed by atoms with Crippen LogP contribution in [0.1, 0.15) is 6.42 Å². The number of rotatable bonds is 6. The molecule has 0 aromatic heterocycles. The molecule has 88 valence electrons. The van der Waals surface area contributed by atoms with Crippen LogP contribution in [0.15, 0.2) is 0 Å². The van der Waals surface area contributed by atoms with Crippen LogP contribution in [0.25, 0.3) is 0 Å². The Bertz CT molecular complexity index is 247. The average Bonchev–Trinajstić information content (AvgIpc) is 2.16.